The van der Waals surface area contributed by atoms with E-state index in [4.69, 9.17) is 16.3 Å². The van der Waals surface area contributed by atoms with Crippen LogP contribution in [0.15, 0.2) is 24.3 Å². The van der Waals surface area contributed by atoms with E-state index >= 15 is 0 Å². The molecule has 1 saturated heterocycles. The first-order valence-electron chi connectivity index (χ1n) is 6.04. The Labute approximate surface area is 112 Å². The minimum atomic E-state index is 0.0262. The molecule has 1 heterocycles. The van der Waals surface area contributed by atoms with Gasteiger partial charge in [0.25, 0.3) is 5.91 Å². The number of carbonyl (C=O) groups excluding carboxylic acids is 1. The van der Waals surface area contributed by atoms with Crippen molar-refractivity contribution in [2.45, 2.75) is 13.0 Å². The van der Waals surface area contributed by atoms with Crippen LogP contribution in [-0.4, -0.2) is 43.1 Å². The summed E-state index contributed by atoms with van der Waals surface area (Å²) in [6, 6.07) is 7.35. The molecule has 0 aromatic heterocycles. The van der Waals surface area contributed by atoms with E-state index in [-0.39, 0.29) is 12.5 Å². The van der Waals surface area contributed by atoms with Crippen molar-refractivity contribution in [3.05, 3.63) is 29.3 Å². The molecule has 0 radical (unpaired) electrons. The highest BCUT2D eigenvalue weighted by molar-refractivity contribution is 6.30. The first-order valence-corrected chi connectivity index (χ1v) is 6.42. The molecule has 1 amide bonds. The molecule has 0 bridgehead atoms. The van der Waals surface area contributed by atoms with Gasteiger partial charge in [0.1, 0.15) is 5.75 Å². The van der Waals surface area contributed by atoms with Crippen LogP contribution in [0.2, 0.25) is 5.02 Å². The van der Waals surface area contributed by atoms with E-state index < -0.39 is 0 Å². The maximum Gasteiger partial charge on any atom is 0.260 e. The molecule has 1 aromatic carbocycles. The number of amides is 1. The van der Waals surface area contributed by atoms with Crippen LogP contribution < -0.4 is 10.1 Å². The molecule has 98 valence electrons. The summed E-state index contributed by atoms with van der Waals surface area (Å²) in [6.07, 6.45) is 0. The number of hydrogen-bond acceptors (Lipinski definition) is 3. The number of nitrogens with one attached hydrogen (secondary N) is 1. The molecule has 4 nitrogen and oxygen atoms in total. The average molecular weight is 269 g/mol. The van der Waals surface area contributed by atoms with Gasteiger partial charge in [0.05, 0.1) is 0 Å². The number of piperazine rings is 1. The third kappa shape index (κ3) is 3.62. The van der Waals surface area contributed by atoms with Gasteiger partial charge in [0, 0.05) is 30.7 Å². The van der Waals surface area contributed by atoms with Crippen LogP contribution >= 0.6 is 11.6 Å². The summed E-state index contributed by atoms with van der Waals surface area (Å²) in [6.45, 7) is 4.47. The molecule has 0 unspecified atom stereocenters. The molecule has 5 heteroatoms. The van der Waals surface area contributed by atoms with Gasteiger partial charge in [-0.05, 0) is 31.2 Å². The van der Waals surface area contributed by atoms with Gasteiger partial charge in [-0.25, -0.2) is 0 Å². The van der Waals surface area contributed by atoms with Gasteiger partial charge in [-0.3, -0.25) is 4.79 Å². The van der Waals surface area contributed by atoms with Gasteiger partial charge in [-0.15, -0.1) is 0 Å². The lowest BCUT2D eigenvalue weighted by Gasteiger charge is -2.31. The molecule has 1 aliphatic heterocycles. The Kier molecular flexibility index (Phi) is 4.44. The van der Waals surface area contributed by atoms with E-state index in [9.17, 15) is 4.79 Å². The number of nitrogens with zero attached hydrogens (tertiary/aromatic N) is 1. The van der Waals surface area contributed by atoms with Crippen molar-refractivity contribution in [2.75, 3.05) is 26.2 Å². The second kappa shape index (κ2) is 6.07. The van der Waals surface area contributed by atoms with Gasteiger partial charge in [-0.1, -0.05) is 11.6 Å². The van der Waals surface area contributed by atoms with Crippen molar-refractivity contribution >= 4 is 17.5 Å². The van der Waals surface area contributed by atoms with Crippen LogP contribution in [0.3, 0.4) is 0 Å². The Balaban J connectivity index is 1.82. The quantitative estimate of drug-likeness (QED) is 0.904. The predicted octanol–water partition coefficient (Wildman–Crippen LogP) is 1.54. The van der Waals surface area contributed by atoms with E-state index in [1.165, 1.54) is 0 Å². The molecule has 1 atom stereocenters. The highest BCUT2D eigenvalue weighted by atomic mass is 35.5. The maximum atomic E-state index is 11.9. The summed E-state index contributed by atoms with van der Waals surface area (Å²) >= 11 is 5.77. The summed E-state index contributed by atoms with van der Waals surface area (Å²) in [5, 5.41) is 3.95. The Bertz CT molecular complexity index is 408. The molecule has 0 saturated carbocycles. The van der Waals surface area contributed by atoms with E-state index in [1.807, 2.05) is 4.90 Å². The Morgan fingerprint density at radius 2 is 2.22 bits per heavy atom. The molecule has 1 N–H and O–H groups in total. The van der Waals surface area contributed by atoms with E-state index in [1.54, 1.807) is 24.3 Å². The normalized spacial score (nSPS) is 19.7. The standard InChI is InChI=1S/C13H17ClN2O2/c1-10-8-16(7-6-15-10)13(17)9-18-12-4-2-11(14)3-5-12/h2-5,10,15H,6-9H2,1H3/t10-/m1/s1. The summed E-state index contributed by atoms with van der Waals surface area (Å²) in [7, 11) is 0. The molecular formula is C13H17ClN2O2. The smallest absolute Gasteiger partial charge is 0.260 e. The largest absolute Gasteiger partial charge is 0.484 e. The first-order chi connectivity index (χ1) is 8.65. The minimum Gasteiger partial charge on any atom is -0.484 e. The molecule has 1 aromatic rings. The third-order valence-electron chi connectivity index (χ3n) is 2.90. The fourth-order valence-electron chi connectivity index (χ4n) is 1.93. The zero-order valence-corrected chi connectivity index (χ0v) is 11.1. The fourth-order valence-corrected chi connectivity index (χ4v) is 2.05. The summed E-state index contributed by atoms with van der Waals surface area (Å²) in [5.74, 6) is 0.689. The van der Waals surface area contributed by atoms with Crippen LogP contribution in [0.5, 0.6) is 5.75 Å². The van der Waals surface area contributed by atoms with Crippen molar-refractivity contribution in [3.8, 4) is 5.75 Å². The second-order valence-electron chi connectivity index (χ2n) is 4.44. The van der Waals surface area contributed by atoms with Crippen molar-refractivity contribution < 1.29 is 9.53 Å². The minimum absolute atomic E-state index is 0.0262. The number of carbonyl (C=O) groups is 1. The molecule has 18 heavy (non-hydrogen) atoms. The fraction of sp³-hybridized carbons (Fsp3) is 0.462. The third-order valence-corrected chi connectivity index (χ3v) is 3.15. The zero-order chi connectivity index (χ0) is 13.0. The lowest BCUT2D eigenvalue weighted by atomic mass is 10.2. The molecule has 2 rings (SSSR count). The predicted molar refractivity (Wildman–Crippen MR) is 71.0 cm³/mol. The average Bonchev–Trinajstić information content (AvgIpc) is 2.38. The summed E-state index contributed by atoms with van der Waals surface area (Å²) in [5.41, 5.74) is 0. The molecule has 1 fully saturated rings. The first kappa shape index (κ1) is 13.2. The zero-order valence-electron chi connectivity index (χ0n) is 10.4. The summed E-state index contributed by atoms with van der Waals surface area (Å²) < 4.78 is 5.44. The van der Waals surface area contributed by atoms with Gasteiger partial charge in [0.15, 0.2) is 6.61 Å². The lowest BCUT2D eigenvalue weighted by molar-refractivity contribution is -0.134. The van der Waals surface area contributed by atoms with Crippen molar-refractivity contribution in [1.82, 2.24) is 10.2 Å². The Hall–Kier alpha value is -1.26. The monoisotopic (exact) mass is 268 g/mol. The van der Waals surface area contributed by atoms with Gasteiger partial charge in [0.2, 0.25) is 0 Å². The highest BCUT2D eigenvalue weighted by Crippen LogP contribution is 2.15. The maximum absolute atomic E-state index is 11.9. The second-order valence-corrected chi connectivity index (χ2v) is 4.87. The van der Waals surface area contributed by atoms with E-state index in [0.29, 0.717) is 16.8 Å². The molecular weight excluding hydrogens is 252 g/mol. The van der Waals surface area contributed by atoms with Gasteiger partial charge < -0.3 is 15.0 Å². The van der Waals surface area contributed by atoms with Gasteiger partial charge in [-0.2, -0.15) is 0 Å². The lowest BCUT2D eigenvalue weighted by Crippen LogP contribution is -2.52. The SMILES string of the molecule is C[C@@H]1CN(C(=O)COc2ccc(Cl)cc2)CCN1. The van der Waals surface area contributed by atoms with Crippen LogP contribution in [-0.2, 0) is 4.79 Å². The van der Waals surface area contributed by atoms with E-state index in [2.05, 4.69) is 12.2 Å². The highest BCUT2D eigenvalue weighted by Gasteiger charge is 2.20. The summed E-state index contributed by atoms with van der Waals surface area (Å²) in [4.78, 5) is 13.8. The number of hydrogen-bond donors (Lipinski definition) is 1. The van der Waals surface area contributed by atoms with Crippen molar-refractivity contribution in [2.24, 2.45) is 0 Å². The number of rotatable bonds is 3. The number of benzene rings is 1. The number of ether oxygens (including phenoxy) is 1. The molecule has 1 aliphatic rings. The number of halogens is 1. The van der Waals surface area contributed by atoms with Crippen molar-refractivity contribution in [1.29, 1.82) is 0 Å². The van der Waals surface area contributed by atoms with Crippen LogP contribution in [0.4, 0.5) is 0 Å². The van der Waals surface area contributed by atoms with Crippen LogP contribution in [0, 0.1) is 0 Å². The van der Waals surface area contributed by atoms with Gasteiger partial charge >= 0.3 is 0 Å². The van der Waals surface area contributed by atoms with E-state index in [0.717, 1.165) is 19.6 Å². The molecule has 0 spiro atoms. The van der Waals surface area contributed by atoms with Crippen LogP contribution in [0.1, 0.15) is 6.92 Å². The van der Waals surface area contributed by atoms with Crippen LogP contribution in [0.25, 0.3) is 0 Å². The molecule has 0 aliphatic carbocycles. The topological polar surface area (TPSA) is 41.6 Å². The Morgan fingerprint density at radius 3 is 2.89 bits per heavy atom. The van der Waals surface area contributed by atoms with Crippen molar-refractivity contribution in [3.63, 3.8) is 0 Å². The Morgan fingerprint density at radius 1 is 1.50 bits per heavy atom.